The van der Waals surface area contributed by atoms with E-state index >= 15 is 0 Å². The molecule has 0 atom stereocenters. The molecule has 2 aromatic carbocycles. The van der Waals surface area contributed by atoms with Gasteiger partial charge in [-0.05, 0) is 36.4 Å². The van der Waals surface area contributed by atoms with Crippen molar-refractivity contribution in [2.45, 2.75) is 0 Å². The molecule has 4 nitrogen and oxygen atoms in total. The molecule has 0 aliphatic rings. The van der Waals surface area contributed by atoms with Crippen molar-refractivity contribution in [1.29, 1.82) is 0 Å². The second kappa shape index (κ2) is 6.70. The summed E-state index contributed by atoms with van der Waals surface area (Å²) in [5.41, 5.74) is 0.893. The molecule has 0 radical (unpaired) electrons. The highest BCUT2D eigenvalue weighted by Crippen LogP contribution is 2.28. The fourth-order valence-electron chi connectivity index (χ4n) is 1.80. The molecule has 1 amide bonds. The molecule has 1 N–H and O–H groups in total. The molecule has 0 bridgehead atoms. The fraction of sp³-hybridized carbons (Fsp3) is 0.133. The summed E-state index contributed by atoms with van der Waals surface area (Å²) in [6, 6.07) is 9.81. The van der Waals surface area contributed by atoms with E-state index < -0.39 is 0 Å². The van der Waals surface area contributed by atoms with Crippen LogP contribution in [-0.4, -0.2) is 20.1 Å². The largest absolute Gasteiger partial charge is 0.496 e. The second-order valence-electron chi connectivity index (χ2n) is 4.15. The zero-order valence-electron chi connectivity index (χ0n) is 11.4. The maximum absolute atomic E-state index is 12.3. The first-order valence-corrected chi connectivity index (χ1v) is 6.79. The van der Waals surface area contributed by atoms with Gasteiger partial charge >= 0.3 is 0 Å². The van der Waals surface area contributed by atoms with E-state index in [4.69, 9.17) is 32.7 Å². The monoisotopic (exact) mass is 325 g/mol. The van der Waals surface area contributed by atoms with Gasteiger partial charge in [-0.15, -0.1) is 0 Å². The summed E-state index contributed by atoms with van der Waals surface area (Å²) in [7, 11) is 3.01. The lowest BCUT2D eigenvalue weighted by atomic mass is 10.2. The summed E-state index contributed by atoms with van der Waals surface area (Å²) in [5.74, 6) is 0.641. The Hall–Kier alpha value is -1.91. The van der Waals surface area contributed by atoms with Crippen molar-refractivity contribution in [2.24, 2.45) is 0 Å². The molecule has 0 fully saturated rings. The van der Waals surface area contributed by atoms with E-state index in [9.17, 15) is 4.79 Å². The molecule has 21 heavy (non-hydrogen) atoms. The van der Waals surface area contributed by atoms with Gasteiger partial charge in [0.25, 0.3) is 5.91 Å². The lowest BCUT2D eigenvalue weighted by molar-refractivity contribution is 0.102. The van der Waals surface area contributed by atoms with Gasteiger partial charge in [-0.2, -0.15) is 0 Å². The van der Waals surface area contributed by atoms with E-state index in [-0.39, 0.29) is 5.91 Å². The molecule has 0 spiro atoms. The molecule has 0 unspecified atom stereocenters. The molecular formula is C15H13Cl2NO3. The summed E-state index contributed by atoms with van der Waals surface area (Å²) in [6.45, 7) is 0. The first-order chi connectivity index (χ1) is 10.0. The van der Waals surface area contributed by atoms with Crippen LogP contribution in [0.2, 0.25) is 10.0 Å². The Morgan fingerprint density at radius 1 is 1.00 bits per heavy atom. The number of amides is 1. The zero-order chi connectivity index (χ0) is 15.4. The van der Waals surface area contributed by atoms with Crippen molar-refractivity contribution < 1.29 is 14.3 Å². The number of nitrogens with one attached hydrogen (secondary N) is 1. The van der Waals surface area contributed by atoms with E-state index in [1.54, 1.807) is 36.4 Å². The van der Waals surface area contributed by atoms with Crippen LogP contribution < -0.4 is 14.8 Å². The minimum Gasteiger partial charge on any atom is -0.496 e. The van der Waals surface area contributed by atoms with Gasteiger partial charge < -0.3 is 14.8 Å². The maximum Gasteiger partial charge on any atom is 0.259 e. The Balaban J connectivity index is 2.26. The Labute approximate surface area is 132 Å². The predicted octanol–water partition coefficient (Wildman–Crippen LogP) is 4.26. The maximum atomic E-state index is 12.3. The zero-order valence-corrected chi connectivity index (χ0v) is 13.0. The molecule has 6 heteroatoms. The molecule has 0 aromatic heterocycles. The highest BCUT2D eigenvalue weighted by Gasteiger charge is 2.14. The van der Waals surface area contributed by atoms with Crippen LogP contribution in [0.25, 0.3) is 0 Å². The minimum atomic E-state index is -0.337. The number of rotatable bonds is 4. The van der Waals surface area contributed by atoms with Gasteiger partial charge in [0.15, 0.2) is 0 Å². The number of carbonyl (C=O) groups excluding carboxylic acids is 1. The van der Waals surface area contributed by atoms with E-state index in [0.717, 1.165) is 0 Å². The summed E-state index contributed by atoms with van der Waals surface area (Å²) >= 11 is 11.9. The number of anilines is 1. The molecule has 0 aliphatic carbocycles. The van der Waals surface area contributed by atoms with Crippen molar-refractivity contribution in [1.82, 2.24) is 0 Å². The Morgan fingerprint density at radius 2 is 1.67 bits per heavy atom. The molecule has 110 valence electrons. The van der Waals surface area contributed by atoms with E-state index in [1.807, 2.05) is 0 Å². The molecule has 2 aromatic rings. The standard InChI is InChI=1S/C15H13Cl2NO3/c1-20-13-5-3-9(16)7-11(13)15(19)18-10-4-6-14(21-2)12(17)8-10/h3-8H,1-2H3,(H,18,19). The molecule has 0 saturated heterocycles. The lowest BCUT2D eigenvalue weighted by Crippen LogP contribution is -2.13. The quantitative estimate of drug-likeness (QED) is 0.913. The average Bonchev–Trinajstić information content (AvgIpc) is 2.47. The van der Waals surface area contributed by atoms with Gasteiger partial charge in [-0.25, -0.2) is 0 Å². The number of ether oxygens (including phenoxy) is 2. The Kier molecular flexibility index (Phi) is 4.94. The van der Waals surface area contributed by atoms with Gasteiger partial charge in [-0.3, -0.25) is 4.79 Å². The van der Waals surface area contributed by atoms with Crippen LogP contribution in [0.5, 0.6) is 11.5 Å². The van der Waals surface area contributed by atoms with Crippen molar-refractivity contribution in [3.63, 3.8) is 0 Å². The Morgan fingerprint density at radius 3 is 2.29 bits per heavy atom. The molecule has 0 saturated carbocycles. The first kappa shape index (κ1) is 15.5. The van der Waals surface area contributed by atoms with Crippen molar-refractivity contribution >= 4 is 34.8 Å². The lowest BCUT2D eigenvalue weighted by Gasteiger charge is -2.11. The average molecular weight is 326 g/mol. The highest BCUT2D eigenvalue weighted by molar-refractivity contribution is 6.32. The number of benzene rings is 2. The van der Waals surface area contributed by atoms with Crippen LogP contribution in [0.3, 0.4) is 0 Å². The summed E-state index contributed by atoms with van der Waals surface area (Å²) < 4.78 is 10.2. The van der Waals surface area contributed by atoms with E-state index in [0.29, 0.717) is 32.8 Å². The minimum absolute atomic E-state index is 0.337. The fourth-order valence-corrected chi connectivity index (χ4v) is 2.23. The first-order valence-electron chi connectivity index (χ1n) is 6.03. The topological polar surface area (TPSA) is 47.6 Å². The number of halogens is 2. The third-order valence-corrected chi connectivity index (χ3v) is 3.35. The van der Waals surface area contributed by atoms with Gasteiger partial charge in [0.2, 0.25) is 0 Å². The van der Waals surface area contributed by atoms with Crippen LogP contribution in [0.4, 0.5) is 5.69 Å². The smallest absolute Gasteiger partial charge is 0.259 e. The third-order valence-electron chi connectivity index (χ3n) is 2.82. The summed E-state index contributed by atoms with van der Waals surface area (Å²) in [4.78, 5) is 12.3. The van der Waals surface area contributed by atoms with Crippen molar-refractivity contribution in [3.8, 4) is 11.5 Å². The molecule has 0 aliphatic heterocycles. The summed E-state index contributed by atoms with van der Waals surface area (Å²) in [6.07, 6.45) is 0. The normalized spacial score (nSPS) is 10.1. The Bertz CT molecular complexity index is 674. The SMILES string of the molecule is COc1ccc(NC(=O)c2cc(Cl)ccc2OC)cc1Cl. The van der Waals surface area contributed by atoms with E-state index in [2.05, 4.69) is 5.32 Å². The number of methoxy groups -OCH3 is 2. The van der Waals surface area contributed by atoms with Crippen molar-refractivity contribution in [3.05, 3.63) is 52.0 Å². The van der Waals surface area contributed by atoms with Crippen molar-refractivity contribution in [2.75, 3.05) is 19.5 Å². The van der Waals surface area contributed by atoms with Gasteiger partial charge in [-0.1, -0.05) is 23.2 Å². The number of hydrogen-bond donors (Lipinski definition) is 1. The molecule has 0 heterocycles. The van der Waals surface area contributed by atoms with E-state index in [1.165, 1.54) is 14.2 Å². The van der Waals surface area contributed by atoms with Crippen LogP contribution >= 0.6 is 23.2 Å². The van der Waals surface area contributed by atoms with Crippen LogP contribution in [0.15, 0.2) is 36.4 Å². The number of hydrogen-bond acceptors (Lipinski definition) is 3. The predicted molar refractivity (Wildman–Crippen MR) is 84.0 cm³/mol. The van der Waals surface area contributed by atoms with Gasteiger partial charge in [0.05, 0.1) is 24.8 Å². The van der Waals surface area contributed by atoms with Gasteiger partial charge in [0, 0.05) is 10.7 Å². The molecular weight excluding hydrogens is 313 g/mol. The van der Waals surface area contributed by atoms with Crippen LogP contribution in [0.1, 0.15) is 10.4 Å². The van der Waals surface area contributed by atoms with Crippen LogP contribution in [-0.2, 0) is 0 Å². The second-order valence-corrected chi connectivity index (χ2v) is 4.99. The third kappa shape index (κ3) is 3.60. The summed E-state index contributed by atoms with van der Waals surface area (Å²) in [5, 5.41) is 3.60. The highest BCUT2D eigenvalue weighted by atomic mass is 35.5. The molecule has 2 rings (SSSR count). The number of carbonyl (C=O) groups is 1. The van der Waals surface area contributed by atoms with Crippen LogP contribution in [0, 0.1) is 0 Å². The van der Waals surface area contributed by atoms with Gasteiger partial charge in [0.1, 0.15) is 11.5 Å².